The van der Waals surface area contributed by atoms with Gasteiger partial charge < -0.3 is 0 Å². The predicted molar refractivity (Wildman–Crippen MR) is 197 cm³/mol. The molecule has 7 aromatic carbocycles. The lowest BCUT2D eigenvalue weighted by molar-refractivity contribution is 1.18. The Morgan fingerprint density at radius 1 is 0.333 bits per heavy atom. The molecule has 0 unspecified atom stereocenters. The second kappa shape index (κ2) is 8.30. The first-order valence-electron chi connectivity index (χ1n) is 15.9. The molecule has 0 spiro atoms. The van der Waals surface area contributed by atoms with Gasteiger partial charge in [0.1, 0.15) is 0 Å². The molecular weight excluding hydrogens is 596 g/mol. The van der Waals surface area contributed by atoms with Gasteiger partial charge in [-0.1, -0.05) is 59.7 Å². The highest BCUT2D eigenvalue weighted by Crippen LogP contribution is 2.45. The third-order valence-electron chi connectivity index (χ3n) is 10.7. The van der Waals surface area contributed by atoms with E-state index in [1.54, 1.807) is 20.9 Å². The van der Waals surface area contributed by atoms with E-state index in [2.05, 4.69) is 12.1 Å². The highest BCUT2D eigenvalue weighted by molar-refractivity contribution is 6.40. The average Bonchev–Trinajstić information content (AvgIpc) is 3.09. The molecule has 0 aliphatic rings. The molecule has 0 saturated heterocycles. The second-order valence-electron chi connectivity index (χ2n) is 13.3. The minimum atomic E-state index is -0.166. The van der Waals surface area contributed by atoms with Crippen molar-refractivity contribution < 1.29 is 0 Å². The van der Waals surface area contributed by atoms with E-state index in [0.29, 0.717) is 43.6 Å². The number of rotatable bonds is 0. The zero-order valence-electron chi connectivity index (χ0n) is 25.8. The van der Waals surface area contributed by atoms with Crippen LogP contribution in [0, 0.1) is 13.8 Å². The van der Waals surface area contributed by atoms with Gasteiger partial charge in [-0.05, 0) is 82.6 Å². The van der Waals surface area contributed by atoms with Crippen LogP contribution in [0.15, 0.2) is 116 Å². The number of hydrogen-bond donors (Lipinski definition) is 0. The van der Waals surface area contributed by atoms with Crippen molar-refractivity contribution in [1.82, 2.24) is 8.80 Å². The van der Waals surface area contributed by atoms with E-state index in [4.69, 9.17) is 0 Å². The molecule has 0 N–H and O–H groups in total. The summed E-state index contributed by atoms with van der Waals surface area (Å²) >= 11 is 0. The van der Waals surface area contributed by atoms with Crippen molar-refractivity contribution >= 4 is 97.5 Å². The lowest BCUT2D eigenvalue weighted by Gasteiger charge is -2.20. The normalized spacial score (nSPS) is 12.7. The summed E-state index contributed by atoms with van der Waals surface area (Å²) in [5.74, 6) is 0. The van der Waals surface area contributed by atoms with Crippen LogP contribution in [0.4, 0.5) is 0 Å². The summed E-state index contributed by atoms with van der Waals surface area (Å²) in [6.45, 7) is 3.87. The molecule has 11 rings (SSSR count). The average molecular weight is 619 g/mol. The molecule has 0 radical (unpaired) electrons. The Labute approximate surface area is 268 Å². The Morgan fingerprint density at radius 3 is 1.06 bits per heavy atom. The van der Waals surface area contributed by atoms with Crippen molar-refractivity contribution in [2.45, 2.75) is 13.8 Å². The van der Waals surface area contributed by atoms with E-state index >= 15 is 0 Å². The summed E-state index contributed by atoms with van der Waals surface area (Å²) in [6, 6.07) is 30.4. The summed E-state index contributed by atoms with van der Waals surface area (Å²) in [5.41, 5.74) is 3.73. The highest BCUT2D eigenvalue weighted by Gasteiger charge is 2.23. The minimum absolute atomic E-state index is 0.117. The maximum atomic E-state index is 14.3. The number of aromatic nitrogens is 2. The molecule has 4 heterocycles. The Kier molecular flexibility index (Phi) is 4.45. The van der Waals surface area contributed by atoms with E-state index < -0.39 is 0 Å². The number of hydrogen-bond acceptors (Lipinski definition) is 4. The summed E-state index contributed by atoms with van der Waals surface area (Å²) in [5, 5.41) is 11.3. The minimum Gasteiger partial charge on any atom is -0.289 e. The van der Waals surface area contributed by atoms with Gasteiger partial charge in [-0.2, -0.15) is 0 Å². The van der Waals surface area contributed by atoms with Crippen molar-refractivity contribution in [2.75, 3.05) is 0 Å². The SMILES string of the molecule is Cc1ccc2c(c1)c(=O)cc1c3ccc4c5ccc6c(=O)n7c8ccc(C)cc8c(=O)cc7c7ccc(c8ccc(c(=O)n21)c3c84)c5c67. The number of pyridine rings is 4. The molecule has 4 aromatic heterocycles. The predicted octanol–water partition coefficient (Wildman–Crippen LogP) is 7.79. The third-order valence-corrected chi connectivity index (χ3v) is 10.7. The molecule has 0 bridgehead atoms. The largest absolute Gasteiger partial charge is 0.289 e. The molecule has 0 aliphatic carbocycles. The van der Waals surface area contributed by atoms with Crippen LogP contribution in [0.3, 0.4) is 0 Å². The van der Waals surface area contributed by atoms with Crippen LogP contribution in [-0.2, 0) is 0 Å². The summed E-state index contributed by atoms with van der Waals surface area (Å²) in [4.78, 5) is 55.3. The quantitative estimate of drug-likeness (QED) is 0.128. The fourth-order valence-corrected chi connectivity index (χ4v) is 8.62. The van der Waals surface area contributed by atoms with Crippen molar-refractivity contribution in [1.29, 1.82) is 0 Å². The van der Waals surface area contributed by atoms with Gasteiger partial charge in [-0.25, -0.2) is 0 Å². The topological polar surface area (TPSA) is 77.1 Å². The lowest BCUT2D eigenvalue weighted by atomic mass is 9.85. The fourth-order valence-electron chi connectivity index (χ4n) is 8.62. The number of benzene rings is 7. The van der Waals surface area contributed by atoms with Crippen LogP contribution in [0.1, 0.15) is 11.1 Å². The Hall–Kier alpha value is -6.40. The summed E-state index contributed by atoms with van der Waals surface area (Å²) in [7, 11) is 0. The van der Waals surface area contributed by atoms with E-state index in [-0.39, 0.29) is 22.0 Å². The number of aryl methyl sites for hydroxylation is 2. The van der Waals surface area contributed by atoms with Crippen molar-refractivity contribution in [3.63, 3.8) is 0 Å². The molecule has 224 valence electrons. The molecular formula is C42H22N2O4. The van der Waals surface area contributed by atoms with Gasteiger partial charge in [0.15, 0.2) is 10.9 Å². The Balaban J connectivity index is 1.36. The zero-order valence-corrected chi connectivity index (χ0v) is 25.8. The highest BCUT2D eigenvalue weighted by atomic mass is 16.1. The van der Waals surface area contributed by atoms with Gasteiger partial charge in [0, 0.05) is 55.2 Å². The van der Waals surface area contributed by atoms with Crippen LogP contribution in [0.2, 0.25) is 0 Å². The first-order valence-corrected chi connectivity index (χ1v) is 15.9. The fraction of sp³-hybridized carbons (Fsp3) is 0.0476. The standard InChI is InChI=1S/C42H22N2O4/c1-19-3-13-31-29(15-19)35(45)17-33-25-9-5-21-24-8-12-28-40-26(34-18-36(46)30-16-20(2)4-14-32(30)44(34)42(28)48)10-6-22(38(24)40)23-7-11-27(39(25)37(21)23)41(47)43(31)33/h3-18H,1-2H3. The van der Waals surface area contributed by atoms with Crippen molar-refractivity contribution in [2.24, 2.45) is 0 Å². The maximum Gasteiger partial charge on any atom is 0.263 e. The van der Waals surface area contributed by atoms with E-state index in [0.717, 1.165) is 65.0 Å². The van der Waals surface area contributed by atoms with E-state index in [1.807, 2.05) is 86.6 Å². The van der Waals surface area contributed by atoms with Crippen LogP contribution in [0.25, 0.3) is 97.5 Å². The van der Waals surface area contributed by atoms with Gasteiger partial charge in [-0.15, -0.1) is 0 Å². The van der Waals surface area contributed by atoms with Crippen LogP contribution >= 0.6 is 0 Å². The molecule has 6 nitrogen and oxygen atoms in total. The molecule has 0 fully saturated rings. The Bertz CT molecular complexity index is 3300. The molecule has 0 atom stereocenters. The smallest absolute Gasteiger partial charge is 0.263 e. The summed E-state index contributed by atoms with van der Waals surface area (Å²) in [6.07, 6.45) is 0. The van der Waals surface area contributed by atoms with Gasteiger partial charge in [0.2, 0.25) is 0 Å². The number of fused-ring (bicyclic) bond motifs is 10. The number of nitrogens with zero attached hydrogens (tertiary/aromatic N) is 2. The van der Waals surface area contributed by atoms with Crippen LogP contribution < -0.4 is 22.0 Å². The van der Waals surface area contributed by atoms with Gasteiger partial charge in [-0.3, -0.25) is 28.0 Å². The molecule has 11 aromatic rings. The maximum absolute atomic E-state index is 14.3. The van der Waals surface area contributed by atoms with Crippen LogP contribution in [-0.4, -0.2) is 8.80 Å². The molecule has 0 aliphatic heterocycles. The van der Waals surface area contributed by atoms with Crippen molar-refractivity contribution in [3.8, 4) is 0 Å². The van der Waals surface area contributed by atoms with Gasteiger partial charge in [0.05, 0.1) is 22.1 Å². The van der Waals surface area contributed by atoms with Gasteiger partial charge >= 0.3 is 0 Å². The molecule has 0 amide bonds. The van der Waals surface area contributed by atoms with Crippen LogP contribution in [0.5, 0.6) is 0 Å². The van der Waals surface area contributed by atoms with E-state index in [1.165, 1.54) is 0 Å². The van der Waals surface area contributed by atoms with E-state index in [9.17, 15) is 19.2 Å². The Morgan fingerprint density at radius 2 is 0.667 bits per heavy atom. The zero-order chi connectivity index (χ0) is 32.3. The lowest BCUT2D eigenvalue weighted by Crippen LogP contribution is -2.19. The monoisotopic (exact) mass is 618 g/mol. The molecule has 0 saturated carbocycles. The molecule has 48 heavy (non-hydrogen) atoms. The summed E-state index contributed by atoms with van der Waals surface area (Å²) < 4.78 is 3.35. The van der Waals surface area contributed by atoms with Crippen molar-refractivity contribution in [3.05, 3.63) is 149 Å². The van der Waals surface area contributed by atoms with Gasteiger partial charge in [0.25, 0.3) is 11.1 Å². The third kappa shape index (κ3) is 2.86. The second-order valence-corrected chi connectivity index (χ2v) is 13.3. The first kappa shape index (κ1) is 25.8. The molecule has 6 heteroatoms. The first-order chi connectivity index (χ1) is 23.3.